The Hall–Kier alpha value is -3.05. The van der Waals surface area contributed by atoms with E-state index in [0.29, 0.717) is 42.2 Å². The summed E-state index contributed by atoms with van der Waals surface area (Å²) in [4.78, 5) is 37.4. The lowest BCUT2D eigenvalue weighted by Gasteiger charge is -2.27. The largest absolute Gasteiger partial charge is 0.379 e. The fraction of sp³-hybridized carbons (Fsp3) is 0.400. The zero-order valence-corrected chi connectivity index (χ0v) is 20.5. The molecule has 3 aromatic heterocycles. The van der Waals surface area contributed by atoms with Gasteiger partial charge in [0.2, 0.25) is 5.43 Å². The number of hydrazine groups is 1. The van der Waals surface area contributed by atoms with Gasteiger partial charge < -0.3 is 14.5 Å². The summed E-state index contributed by atoms with van der Waals surface area (Å²) < 4.78 is 8.37. The van der Waals surface area contributed by atoms with Gasteiger partial charge in [-0.2, -0.15) is 0 Å². The lowest BCUT2D eigenvalue weighted by molar-refractivity contribution is 0.0126. The number of amides is 1. The van der Waals surface area contributed by atoms with E-state index in [2.05, 4.69) is 22.3 Å². The molecule has 0 aliphatic carbocycles. The molecule has 35 heavy (non-hydrogen) atoms. The molecule has 0 radical (unpaired) electrons. The smallest absolute Gasteiger partial charge is 0.272 e. The van der Waals surface area contributed by atoms with E-state index >= 15 is 0 Å². The number of benzene rings is 1. The number of nitrogens with zero attached hydrogens (tertiary/aromatic N) is 5. The molecule has 10 heteroatoms. The average molecular weight is 493 g/mol. The average Bonchev–Trinajstić information content (AvgIpc) is 3.11. The van der Waals surface area contributed by atoms with Crippen LogP contribution in [0.15, 0.2) is 41.2 Å². The van der Waals surface area contributed by atoms with E-state index in [4.69, 9.17) is 9.72 Å². The standard InChI is InChI=1S/C25H28N6O3S/c1-28-9-4-10-29(12-11-28)20-8-7-17-22(32)21(24(33)27-30-13-15-34-16-14-30)25-31(23(17)26-20)18-5-2-3-6-19(18)35-25/h2-3,5-8H,4,9-16H2,1H3,(H,27,33). The number of aromatic nitrogens is 2. The number of carbonyl (C=O) groups is 1. The summed E-state index contributed by atoms with van der Waals surface area (Å²) in [6.45, 7) is 6.12. The summed E-state index contributed by atoms with van der Waals surface area (Å²) in [6, 6.07) is 11.7. The Bertz CT molecular complexity index is 1480. The lowest BCUT2D eigenvalue weighted by atomic mass is 10.1. The fourth-order valence-corrected chi connectivity index (χ4v) is 6.09. The molecular formula is C25H28N6O3S. The number of likely N-dealkylation sites (N-methyl/N-ethyl adjacent to an activating group) is 1. The van der Waals surface area contributed by atoms with Gasteiger partial charge in [-0.25, -0.2) is 9.99 Å². The Morgan fingerprint density at radius 2 is 1.86 bits per heavy atom. The van der Waals surface area contributed by atoms with Crippen molar-refractivity contribution in [2.24, 2.45) is 0 Å². The maximum Gasteiger partial charge on any atom is 0.272 e. The molecule has 2 saturated heterocycles. The van der Waals surface area contributed by atoms with Crippen LogP contribution in [-0.4, -0.2) is 84.7 Å². The normalized spacial score (nSPS) is 18.4. The minimum absolute atomic E-state index is 0.163. The molecule has 0 unspecified atom stereocenters. The summed E-state index contributed by atoms with van der Waals surface area (Å²) in [5.41, 5.74) is 4.34. The highest BCUT2D eigenvalue weighted by atomic mass is 32.1. The first-order valence-electron chi connectivity index (χ1n) is 12.0. The zero-order chi connectivity index (χ0) is 23.9. The van der Waals surface area contributed by atoms with Crippen LogP contribution in [-0.2, 0) is 4.74 Å². The molecule has 4 aromatic rings. The van der Waals surface area contributed by atoms with Crippen LogP contribution in [0.1, 0.15) is 16.8 Å². The molecule has 1 amide bonds. The highest BCUT2D eigenvalue weighted by molar-refractivity contribution is 7.24. The molecule has 0 spiro atoms. The number of fused-ring (bicyclic) bond motifs is 5. The third-order valence-corrected chi connectivity index (χ3v) is 7.96. The lowest BCUT2D eigenvalue weighted by Crippen LogP contribution is -2.49. The second-order valence-corrected chi connectivity index (χ2v) is 10.2. The van der Waals surface area contributed by atoms with Gasteiger partial charge in [0.1, 0.15) is 16.2 Å². The number of carbonyl (C=O) groups excluding carboxylic acids is 1. The summed E-state index contributed by atoms with van der Waals surface area (Å²) in [5.74, 6) is 0.476. The zero-order valence-electron chi connectivity index (χ0n) is 19.7. The number of para-hydroxylation sites is 1. The van der Waals surface area contributed by atoms with E-state index in [-0.39, 0.29) is 16.9 Å². The molecule has 182 valence electrons. The molecule has 5 heterocycles. The second kappa shape index (κ2) is 9.19. The van der Waals surface area contributed by atoms with Crippen molar-refractivity contribution < 1.29 is 9.53 Å². The van der Waals surface area contributed by atoms with Crippen LogP contribution in [0, 0.1) is 0 Å². The van der Waals surface area contributed by atoms with E-state index in [1.165, 1.54) is 11.3 Å². The van der Waals surface area contributed by atoms with Crippen LogP contribution in [0.3, 0.4) is 0 Å². The number of morpholine rings is 1. The summed E-state index contributed by atoms with van der Waals surface area (Å²) in [5, 5.41) is 2.27. The van der Waals surface area contributed by atoms with Crippen LogP contribution < -0.4 is 15.8 Å². The van der Waals surface area contributed by atoms with Crippen molar-refractivity contribution in [3.63, 3.8) is 0 Å². The number of ether oxygens (including phenoxy) is 1. The molecule has 1 aromatic carbocycles. The van der Waals surface area contributed by atoms with Gasteiger partial charge in [-0.05, 0) is 44.3 Å². The van der Waals surface area contributed by atoms with Crippen molar-refractivity contribution in [3.05, 3.63) is 52.2 Å². The first kappa shape index (κ1) is 22.4. The second-order valence-electron chi connectivity index (χ2n) is 9.14. The molecule has 2 aliphatic heterocycles. The molecule has 2 aliphatic rings. The van der Waals surface area contributed by atoms with Gasteiger partial charge in [0.15, 0.2) is 5.65 Å². The highest BCUT2D eigenvalue weighted by Crippen LogP contribution is 2.31. The number of hydrogen-bond donors (Lipinski definition) is 1. The monoisotopic (exact) mass is 492 g/mol. The molecule has 1 N–H and O–H groups in total. The van der Waals surface area contributed by atoms with Crippen LogP contribution >= 0.6 is 11.3 Å². The predicted octanol–water partition coefficient (Wildman–Crippen LogP) is 2.18. The number of anilines is 1. The molecule has 2 fully saturated rings. The van der Waals surface area contributed by atoms with Gasteiger partial charge in [0, 0.05) is 32.7 Å². The minimum atomic E-state index is -0.387. The quantitative estimate of drug-likeness (QED) is 0.469. The molecule has 0 saturated carbocycles. The molecule has 9 nitrogen and oxygen atoms in total. The van der Waals surface area contributed by atoms with Crippen LogP contribution in [0.5, 0.6) is 0 Å². The van der Waals surface area contributed by atoms with Crippen LogP contribution in [0.2, 0.25) is 0 Å². The molecular weight excluding hydrogens is 464 g/mol. The van der Waals surface area contributed by atoms with Crippen molar-refractivity contribution in [2.75, 3.05) is 64.4 Å². The van der Waals surface area contributed by atoms with E-state index in [9.17, 15) is 9.59 Å². The van der Waals surface area contributed by atoms with E-state index in [1.807, 2.05) is 45.8 Å². The third-order valence-electron chi connectivity index (χ3n) is 6.81. The van der Waals surface area contributed by atoms with Crippen LogP contribution in [0.4, 0.5) is 5.82 Å². The predicted molar refractivity (Wildman–Crippen MR) is 139 cm³/mol. The number of hydrogen-bond acceptors (Lipinski definition) is 8. The van der Waals surface area contributed by atoms with Gasteiger partial charge in [-0.15, -0.1) is 11.3 Å². The number of pyridine rings is 2. The first-order chi connectivity index (χ1) is 17.1. The van der Waals surface area contributed by atoms with Crippen molar-refractivity contribution in [3.8, 4) is 0 Å². The van der Waals surface area contributed by atoms with Gasteiger partial charge in [-0.3, -0.25) is 19.4 Å². The molecule has 0 atom stereocenters. The maximum absolute atomic E-state index is 13.7. The van der Waals surface area contributed by atoms with Crippen molar-refractivity contribution >= 4 is 49.1 Å². The topological polar surface area (TPSA) is 82.4 Å². The summed E-state index contributed by atoms with van der Waals surface area (Å²) in [7, 11) is 2.14. The van der Waals surface area contributed by atoms with Gasteiger partial charge in [0.25, 0.3) is 5.91 Å². The van der Waals surface area contributed by atoms with E-state index < -0.39 is 0 Å². The fourth-order valence-electron chi connectivity index (χ4n) is 4.91. The Balaban J connectivity index is 1.53. The van der Waals surface area contributed by atoms with Crippen molar-refractivity contribution in [1.82, 2.24) is 24.7 Å². The summed E-state index contributed by atoms with van der Waals surface area (Å²) >= 11 is 1.45. The van der Waals surface area contributed by atoms with E-state index in [1.54, 1.807) is 0 Å². The molecule has 0 bridgehead atoms. The Kier molecular flexibility index (Phi) is 5.89. The van der Waals surface area contributed by atoms with Crippen LogP contribution in [0.25, 0.3) is 26.1 Å². The Labute approximate surface area is 206 Å². The first-order valence-corrected chi connectivity index (χ1v) is 12.9. The molecule has 6 rings (SSSR count). The Morgan fingerprint density at radius 1 is 1.03 bits per heavy atom. The number of thiazole rings is 1. The Morgan fingerprint density at radius 3 is 2.71 bits per heavy atom. The minimum Gasteiger partial charge on any atom is -0.379 e. The third kappa shape index (κ3) is 4.06. The SMILES string of the molecule is CN1CCCN(c2ccc3c(=O)c(C(=O)NN4CCOCC4)c4sc5ccccc5n4c3n2)CC1. The van der Waals surface area contributed by atoms with Gasteiger partial charge in [0.05, 0.1) is 28.8 Å². The van der Waals surface area contributed by atoms with Gasteiger partial charge >= 0.3 is 0 Å². The highest BCUT2D eigenvalue weighted by Gasteiger charge is 2.25. The van der Waals surface area contributed by atoms with Crippen molar-refractivity contribution in [2.45, 2.75) is 6.42 Å². The number of rotatable bonds is 3. The van der Waals surface area contributed by atoms with E-state index in [0.717, 1.165) is 48.6 Å². The van der Waals surface area contributed by atoms with Crippen molar-refractivity contribution in [1.29, 1.82) is 0 Å². The number of nitrogens with one attached hydrogen (secondary N) is 1. The summed E-state index contributed by atoms with van der Waals surface area (Å²) in [6.07, 6.45) is 1.06. The maximum atomic E-state index is 13.7. The van der Waals surface area contributed by atoms with Gasteiger partial charge in [-0.1, -0.05) is 12.1 Å².